The van der Waals surface area contributed by atoms with Gasteiger partial charge in [-0.15, -0.1) is 0 Å². The van der Waals surface area contributed by atoms with E-state index >= 15 is 0 Å². The van der Waals surface area contributed by atoms with Gasteiger partial charge >= 0.3 is 0 Å². The predicted octanol–water partition coefficient (Wildman–Crippen LogP) is 3.58. The quantitative estimate of drug-likeness (QED) is 0.862. The molecule has 1 aliphatic heterocycles. The van der Waals surface area contributed by atoms with Crippen LogP contribution in [0.2, 0.25) is 0 Å². The third kappa shape index (κ3) is 3.39. The second kappa shape index (κ2) is 6.88. The van der Waals surface area contributed by atoms with Crippen LogP contribution in [0.4, 0.5) is 13.2 Å². The molecule has 0 aliphatic carbocycles. The summed E-state index contributed by atoms with van der Waals surface area (Å²) < 4.78 is 39.8. The lowest BCUT2D eigenvalue weighted by Crippen LogP contribution is -2.34. The minimum Gasteiger partial charge on any atom is -0.336 e. The minimum atomic E-state index is -1.49. The van der Waals surface area contributed by atoms with E-state index in [-0.39, 0.29) is 17.5 Å². The van der Waals surface area contributed by atoms with Crippen LogP contribution in [-0.2, 0) is 0 Å². The van der Waals surface area contributed by atoms with Crippen molar-refractivity contribution >= 4 is 5.91 Å². The predicted molar refractivity (Wildman–Crippen MR) is 89.4 cm³/mol. The third-order valence-electron chi connectivity index (χ3n) is 4.70. The van der Waals surface area contributed by atoms with Gasteiger partial charge in [-0.1, -0.05) is 12.1 Å². The van der Waals surface area contributed by atoms with E-state index in [0.29, 0.717) is 30.1 Å². The SMILES string of the molecule is CC1CC(CN)CN1C(=O)c1ccc(-c2cc(F)c(F)c(F)c2)cc1. The van der Waals surface area contributed by atoms with E-state index in [1.54, 1.807) is 29.2 Å². The fourth-order valence-electron chi connectivity index (χ4n) is 3.29. The normalized spacial score (nSPS) is 20.1. The molecule has 2 unspecified atom stereocenters. The zero-order valence-corrected chi connectivity index (χ0v) is 13.8. The number of nitrogens with two attached hydrogens (primary N) is 1. The fraction of sp³-hybridized carbons (Fsp3) is 0.316. The van der Waals surface area contributed by atoms with Crippen LogP contribution >= 0.6 is 0 Å². The molecule has 3 nitrogen and oxygen atoms in total. The Balaban J connectivity index is 1.82. The van der Waals surface area contributed by atoms with Crippen molar-refractivity contribution in [3.8, 4) is 11.1 Å². The molecule has 132 valence electrons. The minimum absolute atomic E-state index is 0.0912. The molecule has 1 amide bonds. The highest BCUT2D eigenvalue weighted by atomic mass is 19.2. The van der Waals surface area contributed by atoms with Gasteiger partial charge in [0.15, 0.2) is 17.5 Å². The molecule has 0 spiro atoms. The molecule has 2 aromatic rings. The van der Waals surface area contributed by atoms with Crippen LogP contribution in [0.1, 0.15) is 23.7 Å². The second-order valence-corrected chi connectivity index (χ2v) is 6.48. The van der Waals surface area contributed by atoms with Gasteiger partial charge in [-0.05, 0) is 61.2 Å². The molecule has 2 atom stereocenters. The van der Waals surface area contributed by atoms with Gasteiger partial charge < -0.3 is 10.6 Å². The molecular weight excluding hydrogens is 329 g/mol. The molecule has 2 aromatic carbocycles. The lowest BCUT2D eigenvalue weighted by molar-refractivity contribution is 0.0743. The molecule has 25 heavy (non-hydrogen) atoms. The van der Waals surface area contributed by atoms with Crippen LogP contribution < -0.4 is 5.73 Å². The first-order valence-electron chi connectivity index (χ1n) is 8.16. The number of benzene rings is 2. The average molecular weight is 348 g/mol. The third-order valence-corrected chi connectivity index (χ3v) is 4.70. The zero-order chi connectivity index (χ0) is 18.1. The molecule has 6 heteroatoms. The summed E-state index contributed by atoms with van der Waals surface area (Å²) >= 11 is 0. The summed E-state index contributed by atoms with van der Waals surface area (Å²) in [4.78, 5) is 14.4. The maximum Gasteiger partial charge on any atom is 0.254 e. The molecular formula is C19H19F3N2O. The van der Waals surface area contributed by atoms with Crippen LogP contribution in [0.15, 0.2) is 36.4 Å². The number of rotatable bonds is 3. The van der Waals surface area contributed by atoms with Crippen molar-refractivity contribution in [3.63, 3.8) is 0 Å². The Labute approximate surface area is 144 Å². The van der Waals surface area contributed by atoms with Gasteiger partial charge in [-0.25, -0.2) is 13.2 Å². The Morgan fingerprint density at radius 1 is 1.12 bits per heavy atom. The first-order chi connectivity index (χ1) is 11.9. The molecule has 1 fully saturated rings. The highest BCUT2D eigenvalue weighted by molar-refractivity contribution is 5.95. The largest absolute Gasteiger partial charge is 0.336 e. The molecule has 0 bridgehead atoms. The Kier molecular flexibility index (Phi) is 4.81. The smallest absolute Gasteiger partial charge is 0.254 e. The molecule has 0 saturated carbocycles. The lowest BCUT2D eigenvalue weighted by atomic mass is 10.0. The van der Waals surface area contributed by atoms with E-state index in [2.05, 4.69) is 0 Å². The molecule has 2 N–H and O–H groups in total. The fourth-order valence-corrected chi connectivity index (χ4v) is 3.29. The van der Waals surface area contributed by atoms with Crippen LogP contribution in [0, 0.1) is 23.4 Å². The Hall–Kier alpha value is -2.34. The van der Waals surface area contributed by atoms with Crippen molar-refractivity contribution in [3.05, 3.63) is 59.4 Å². The second-order valence-electron chi connectivity index (χ2n) is 6.48. The maximum absolute atomic E-state index is 13.4. The van der Waals surface area contributed by atoms with Gasteiger partial charge in [0.25, 0.3) is 5.91 Å². The topological polar surface area (TPSA) is 46.3 Å². The van der Waals surface area contributed by atoms with E-state index in [1.165, 1.54) is 0 Å². The van der Waals surface area contributed by atoms with Gasteiger partial charge in [0.1, 0.15) is 0 Å². The first-order valence-corrected chi connectivity index (χ1v) is 8.16. The molecule has 3 rings (SSSR count). The standard InChI is InChI=1S/C19H19F3N2O/c1-11-6-12(9-23)10-24(11)19(25)14-4-2-13(3-5-14)15-7-16(20)18(22)17(21)8-15/h2-5,7-8,11-12H,6,9-10,23H2,1H3. The average Bonchev–Trinajstić information content (AvgIpc) is 2.99. The van der Waals surface area contributed by atoms with Crippen molar-refractivity contribution in [2.75, 3.05) is 13.1 Å². The number of halogens is 3. The number of hydrogen-bond donors (Lipinski definition) is 1. The van der Waals surface area contributed by atoms with E-state index in [1.807, 2.05) is 6.92 Å². The zero-order valence-electron chi connectivity index (χ0n) is 13.8. The first kappa shape index (κ1) is 17.5. The number of carbonyl (C=O) groups is 1. The van der Waals surface area contributed by atoms with Crippen LogP contribution in [-0.4, -0.2) is 29.9 Å². The van der Waals surface area contributed by atoms with Gasteiger partial charge in [0, 0.05) is 18.2 Å². The summed E-state index contributed by atoms with van der Waals surface area (Å²) in [6.45, 7) is 3.17. The van der Waals surface area contributed by atoms with Gasteiger partial charge in [-0.3, -0.25) is 4.79 Å². The molecule has 1 saturated heterocycles. The van der Waals surface area contributed by atoms with Gasteiger partial charge in [0.2, 0.25) is 0 Å². The molecule has 0 radical (unpaired) electrons. The van der Waals surface area contributed by atoms with Crippen molar-refractivity contribution in [2.45, 2.75) is 19.4 Å². The molecule has 1 aliphatic rings. The molecule has 0 aromatic heterocycles. The maximum atomic E-state index is 13.4. The van der Waals surface area contributed by atoms with E-state index < -0.39 is 17.5 Å². The Morgan fingerprint density at radius 3 is 2.24 bits per heavy atom. The highest BCUT2D eigenvalue weighted by Gasteiger charge is 2.32. The number of hydrogen-bond acceptors (Lipinski definition) is 2. The van der Waals surface area contributed by atoms with Gasteiger partial charge in [0.05, 0.1) is 0 Å². The highest BCUT2D eigenvalue weighted by Crippen LogP contribution is 2.27. The van der Waals surface area contributed by atoms with E-state index in [9.17, 15) is 18.0 Å². The van der Waals surface area contributed by atoms with E-state index in [4.69, 9.17) is 5.73 Å². The Morgan fingerprint density at radius 2 is 1.72 bits per heavy atom. The number of nitrogens with zero attached hydrogens (tertiary/aromatic N) is 1. The summed E-state index contributed by atoms with van der Waals surface area (Å²) in [5.41, 5.74) is 6.91. The summed E-state index contributed by atoms with van der Waals surface area (Å²) in [6.07, 6.45) is 0.883. The summed E-state index contributed by atoms with van der Waals surface area (Å²) in [5.74, 6) is -3.76. The number of carbonyl (C=O) groups excluding carboxylic acids is 1. The summed E-state index contributed by atoms with van der Waals surface area (Å²) in [7, 11) is 0. The van der Waals surface area contributed by atoms with Crippen LogP contribution in [0.3, 0.4) is 0 Å². The van der Waals surface area contributed by atoms with Crippen molar-refractivity contribution in [2.24, 2.45) is 11.7 Å². The van der Waals surface area contributed by atoms with Crippen LogP contribution in [0.5, 0.6) is 0 Å². The monoisotopic (exact) mass is 348 g/mol. The van der Waals surface area contributed by atoms with Crippen molar-refractivity contribution < 1.29 is 18.0 Å². The number of amides is 1. The van der Waals surface area contributed by atoms with Crippen LogP contribution in [0.25, 0.3) is 11.1 Å². The van der Waals surface area contributed by atoms with Crippen molar-refractivity contribution in [1.29, 1.82) is 0 Å². The van der Waals surface area contributed by atoms with E-state index in [0.717, 1.165) is 18.6 Å². The van der Waals surface area contributed by atoms with Crippen molar-refractivity contribution in [1.82, 2.24) is 4.90 Å². The lowest BCUT2D eigenvalue weighted by Gasteiger charge is -2.21. The summed E-state index contributed by atoms with van der Waals surface area (Å²) in [6, 6.07) is 8.41. The Bertz CT molecular complexity index is 769. The number of likely N-dealkylation sites (tertiary alicyclic amines) is 1. The summed E-state index contributed by atoms with van der Waals surface area (Å²) in [5, 5.41) is 0. The van der Waals surface area contributed by atoms with Gasteiger partial charge in [-0.2, -0.15) is 0 Å². The molecule has 1 heterocycles.